The summed E-state index contributed by atoms with van der Waals surface area (Å²) in [4.78, 5) is 2.50. The van der Waals surface area contributed by atoms with Crippen molar-refractivity contribution in [2.24, 2.45) is 0 Å². The lowest BCUT2D eigenvalue weighted by Gasteiger charge is -2.26. The van der Waals surface area contributed by atoms with E-state index in [1.165, 1.54) is 0 Å². The van der Waals surface area contributed by atoms with Crippen LogP contribution in [-0.2, 0) is 14.8 Å². The Labute approximate surface area is 161 Å². The highest BCUT2D eigenvalue weighted by Gasteiger charge is 2.19. The third kappa shape index (κ3) is 5.19. The van der Waals surface area contributed by atoms with Crippen LogP contribution in [0.4, 0.5) is 0 Å². The highest BCUT2D eigenvalue weighted by Crippen LogP contribution is 2.31. The molecule has 1 heterocycles. The van der Waals surface area contributed by atoms with Gasteiger partial charge in [-0.05, 0) is 18.6 Å². The van der Waals surface area contributed by atoms with Gasteiger partial charge in [0.25, 0.3) is 0 Å². The van der Waals surface area contributed by atoms with Gasteiger partial charge in [-0.2, -0.15) is 0 Å². The number of nitrogens with zero attached hydrogens (tertiary/aromatic N) is 1. The Morgan fingerprint density at radius 3 is 2.59 bits per heavy atom. The molecule has 1 saturated heterocycles. The first-order chi connectivity index (χ1) is 13.1. The van der Waals surface area contributed by atoms with Gasteiger partial charge in [0.15, 0.2) is 0 Å². The fourth-order valence-corrected chi connectivity index (χ4v) is 4.40. The van der Waals surface area contributed by atoms with E-state index < -0.39 is 10.0 Å². The average molecular weight is 393 g/mol. The summed E-state index contributed by atoms with van der Waals surface area (Å²) in [6, 6.07) is 10.9. The van der Waals surface area contributed by atoms with Crippen molar-refractivity contribution in [3.63, 3.8) is 0 Å². The number of hydrogen-bond acceptors (Lipinski definition) is 5. The summed E-state index contributed by atoms with van der Waals surface area (Å²) in [6.07, 6.45) is 2.02. The zero-order chi connectivity index (χ0) is 19.1. The molecule has 1 aliphatic rings. The van der Waals surface area contributed by atoms with Crippen molar-refractivity contribution < 1.29 is 17.9 Å². The van der Waals surface area contributed by atoms with E-state index in [-0.39, 0.29) is 0 Å². The quantitative estimate of drug-likeness (QED) is 0.665. The minimum atomic E-state index is -3.59. The molecule has 0 amide bonds. The number of sulfonamides is 1. The van der Waals surface area contributed by atoms with Crippen molar-refractivity contribution in [3.8, 4) is 5.75 Å². The van der Waals surface area contributed by atoms with Crippen LogP contribution in [0, 0.1) is 0 Å². The SMILES string of the molecule is CCCCOc1ccc(S(=O)(=O)NCCN2CCOCC2)c2ccccc12. The smallest absolute Gasteiger partial charge is 0.241 e. The first kappa shape index (κ1) is 20.1. The summed E-state index contributed by atoms with van der Waals surface area (Å²) in [5, 5.41) is 1.51. The molecule has 148 valence electrons. The molecule has 0 spiro atoms. The predicted molar refractivity (Wildman–Crippen MR) is 107 cm³/mol. The maximum atomic E-state index is 12.9. The normalized spacial score (nSPS) is 15.9. The van der Waals surface area contributed by atoms with Crippen LogP contribution in [0.3, 0.4) is 0 Å². The Morgan fingerprint density at radius 2 is 1.85 bits per heavy atom. The number of rotatable bonds is 9. The van der Waals surface area contributed by atoms with Gasteiger partial charge in [-0.25, -0.2) is 13.1 Å². The molecule has 7 heteroatoms. The molecule has 1 aliphatic heterocycles. The lowest BCUT2D eigenvalue weighted by molar-refractivity contribution is 0.0390. The number of morpholine rings is 1. The Hall–Kier alpha value is -1.67. The van der Waals surface area contributed by atoms with Gasteiger partial charge in [0.05, 0.1) is 24.7 Å². The van der Waals surface area contributed by atoms with E-state index in [4.69, 9.17) is 9.47 Å². The molecule has 0 aliphatic carbocycles. The molecular weight excluding hydrogens is 364 g/mol. The molecule has 0 bridgehead atoms. The van der Waals surface area contributed by atoms with Crippen LogP contribution in [0.1, 0.15) is 19.8 Å². The number of unbranched alkanes of at least 4 members (excludes halogenated alkanes) is 1. The molecule has 2 aromatic carbocycles. The van der Waals surface area contributed by atoms with Crippen molar-refractivity contribution in [3.05, 3.63) is 36.4 Å². The molecule has 2 aromatic rings. The number of ether oxygens (including phenoxy) is 2. The van der Waals surface area contributed by atoms with E-state index in [9.17, 15) is 8.42 Å². The summed E-state index contributed by atoms with van der Waals surface area (Å²) in [7, 11) is -3.59. The molecule has 27 heavy (non-hydrogen) atoms. The lowest BCUT2D eigenvalue weighted by atomic mass is 10.1. The largest absolute Gasteiger partial charge is 0.493 e. The van der Waals surface area contributed by atoms with Gasteiger partial charge in [-0.3, -0.25) is 4.90 Å². The van der Waals surface area contributed by atoms with E-state index in [0.717, 1.165) is 37.1 Å². The fourth-order valence-electron chi connectivity index (χ4n) is 3.17. The standard InChI is InChI=1S/C20H28N2O4S/c1-2-3-14-26-19-8-9-20(18-7-5-4-6-17(18)19)27(23,24)21-10-11-22-12-15-25-16-13-22/h4-9,21H,2-3,10-16H2,1H3. The fraction of sp³-hybridized carbons (Fsp3) is 0.500. The molecule has 1 fully saturated rings. The van der Waals surface area contributed by atoms with E-state index in [0.29, 0.717) is 43.2 Å². The third-order valence-electron chi connectivity index (χ3n) is 4.71. The van der Waals surface area contributed by atoms with E-state index in [1.807, 2.05) is 24.3 Å². The third-order valence-corrected chi connectivity index (χ3v) is 6.23. The van der Waals surface area contributed by atoms with Crippen molar-refractivity contribution >= 4 is 20.8 Å². The van der Waals surface area contributed by atoms with Crippen LogP contribution in [0.5, 0.6) is 5.75 Å². The number of hydrogen-bond donors (Lipinski definition) is 1. The van der Waals surface area contributed by atoms with E-state index >= 15 is 0 Å². The van der Waals surface area contributed by atoms with Crippen LogP contribution >= 0.6 is 0 Å². The number of benzene rings is 2. The summed E-state index contributed by atoms with van der Waals surface area (Å²) < 4.78 is 39.6. The molecule has 0 atom stereocenters. The minimum Gasteiger partial charge on any atom is -0.493 e. The molecule has 6 nitrogen and oxygen atoms in total. The molecule has 0 aromatic heterocycles. The van der Waals surface area contributed by atoms with Gasteiger partial charge in [0, 0.05) is 37.0 Å². The van der Waals surface area contributed by atoms with Gasteiger partial charge in [0.2, 0.25) is 10.0 Å². The second-order valence-corrected chi connectivity index (χ2v) is 8.40. The van der Waals surface area contributed by atoms with Gasteiger partial charge in [-0.15, -0.1) is 0 Å². The topological polar surface area (TPSA) is 67.9 Å². The van der Waals surface area contributed by atoms with Crippen molar-refractivity contribution in [2.75, 3.05) is 46.0 Å². The monoisotopic (exact) mass is 392 g/mol. The van der Waals surface area contributed by atoms with Crippen molar-refractivity contribution in [1.82, 2.24) is 9.62 Å². The van der Waals surface area contributed by atoms with Gasteiger partial charge in [-0.1, -0.05) is 37.6 Å². The van der Waals surface area contributed by atoms with Gasteiger partial charge >= 0.3 is 0 Å². The lowest BCUT2D eigenvalue weighted by Crippen LogP contribution is -2.41. The van der Waals surface area contributed by atoms with Crippen LogP contribution in [-0.4, -0.2) is 59.3 Å². The van der Waals surface area contributed by atoms with Crippen molar-refractivity contribution in [2.45, 2.75) is 24.7 Å². The molecular formula is C20H28N2O4S. The molecule has 3 rings (SSSR count). The Morgan fingerprint density at radius 1 is 1.11 bits per heavy atom. The van der Waals surface area contributed by atoms with Crippen LogP contribution < -0.4 is 9.46 Å². The van der Waals surface area contributed by atoms with Crippen LogP contribution in [0.25, 0.3) is 10.8 Å². The molecule has 0 radical (unpaired) electrons. The molecule has 0 saturated carbocycles. The highest BCUT2D eigenvalue weighted by atomic mass is 32.2. The number of fused-ring (bicyclic) bond motifs is 1. The second kappa shape index (κ2) is 9.50. The van der Waals surface area contributed by atoms with Gasteiger partial charge in [0.1, 0.15) is 5.75 Å². The molecule has 0 unspecified atom stereocenters. The Bertz CT molecular complexity index is 848. The number of nitrogens with one attached hydrogen (secondary N) is 1. The van der Waals surface area contributed by atoms with Crippen molar-refractivity contribution in [1.29, 1.82) is 0 Å². The zero-order valence-electron chi connectivity index (χ0n) is 15.8. The highest BCUT2D eigenvalue weighted by molar-refractivity contribution is 7.89. The minimum absolute atomic E-state index is 0.294. The average Bonchev–Trinajstić information content (AvgIpc) is 2.69. The second-order valence-electron chi connectivity index (χ2n) is 6.66. The molecule has 1 N–H and O–H groups in total. The zero-order valence-corrected chi connectivity index (χ0v) is 16.6. The summed E-state index contributed by atoms with van der Waals surface area (Å²) in [6.45, 7) is 6.89. The summed E-state index contributed by atoms with van der Waals surface area (Å²) >= 11 is 0. The van der Waals surface area contributed by atoms with Crippen LogP contribution in [0.2, 0.25) is 0 Å². The first-order valence-electron chi connectivity index (χ1n) is 9.56. The Balaban J connectivity index is 1.75. The van der Waals surface area contributed by atoms with Gasteiger partial charge < -0.3 is 9.47 Å². The maximum Gasteiger partial charge on any atom is 0.241 e. The van der Waals surface area contributed by atoms with E-state index in [1.54, 1.807) is 12.1 Å². The maximum absolute atomic E-state index is 12.9. The summed E-state index contributed by atoms with van der Waals surface area (Å²) in [5.41, 5.74) is 0. The predicted octanol–water partition coefficient (Wildman–Crippen LogP) is 2.63. The van der Waals surface area contributed by atoms with E-state index in [2.05, 4.69) is 16.5 Å². The summed E-state index contributed by atoms with van der Waals surface area (Å²) in [5.74, 6) is 0.728. The Kier molecular flexibility index (Phi) is 7.07. The first-order valence-corrected chi connectivity index (χ1v) is 11.0. The van der Waals surface area contributed by atoms with Crippen LogP contribution in [0.15, 0.2) is 41.3 Å².